The van der Waals surface area contributed by atoms with Crippen molar-refractivity contribution in [2.75, 3.05) is 27.2 Å². The molecule has 1 aromatic heterocycles. The summed E-state index contributed by atoms with van der Waals surface area (Å²) in [4.78, 5) is 18.4. The van der Waals surface area contributed by atoms with Crippen LogP contribution in [-0.4, -0.2) is 48.5 Å². The highest BCUT2D eigenvalue weighted by atomic mass is 127. The number of halogens is 2. The number of carbonyl (C=O) groups is 1. The second kappa shape index (κ2) is 11.1. The monoisotopic (exact) mass is 489 g/mol. The van der Waals surface area contributed by atoms with E-state index in [1.807, 2.05) is 31.3 Å². The number of aliphatic imine (C=N–C) groups is 1. The molecule has 0 unspecified atom stereocenters. The molecule has 1 heterocycles. The zero-order valence-corrected chi connectivity index (χ0v) is 18.3. The number of aromatic nitrogens is 1. The number of hydrogen-bond donors (Lipinski definition) is 2. The van der Waals surface area contributed by atoms with E-state index in [0.29, 0.717) is 23.7 Å². The fourth-order valence-electron chi connectivity index (χ4n) is 2.45. The lowest BCUT2D eigenvalue weighted by atomic mass is 10.2. The number of aryl methyl sites for hydroxylation is 1. The third kappa shape index (κ3) is 6.21. The molecular formula is C18H25ClIN5O. The Balaban J connectivity index is 0.00000338. The lowest BCUT2D eigenvalue weighted by Gasteiger charge is -2.22. The standard InChI is InChI=1S/C18H24ClN5O.HI/c1-20-18(24(3)13-14-7-6-12-23(14)2)22-11-10-21-17(25)15-8-4-5-9-16(15)19;/h4-9,12H,10-11,13H2,1-3H3,(H,20,22)(H,21,25);1H. The van der Waals surface area contributed by atoms with Crippen LogP contribution in [0.4, 0.5) is 0 Å². The highest BCUT2D eigenvalue weighted by Crippen LogP contribution is 2.14. The van der Waals surface area contributed by atoms with E-state index in [1.54, 1.807) is 31.3 Å². The molecule has 0 saturated heterocycles. The van der Waals surface area contributed by atoms with Gasteiger partial charge in [-0.3, -0.25) is 9.79 Å². The van der Waals surface area contributed by atoms with Gasteiger partial charge in [-0.1, -0.05) is 23.7 Å². The topological polar surface area (TPSA) is 61.7 Å². The van der Waals surface area contributed by atoms with Crippen molar-refractivity contribution in [3.8, 4) is 0 Å². The molecule has 0 fully saturated rings. The van der Waals surface area contributed by atoms with E-state index in [0.717, 1.165) is 12.5 Å². The largest absolute Gasteiger partial charge is 0.354 e. The summed E-state index contributed by atoms with van der Waals surface area (Å²) in [6, 6.07) is 11.1. The fraction of sp³-hybridized carbons (Fsp3) is 0.333. The second-order valence-corrected chi connectivity index (χ2v) is 6.08. The molecule has 26 heavy (non-hydrogen) atoms. The van der Waals surface area contributed by atoms with Gasteiger partial charge in [-0.25, -0.2) is 0 Å². The van der Waals surface area contributed by atoms with Crippen LogP contribution in [0.5, 0.6) is 0 Å². The molecule has 2 aromatic rings. The second-order valence-electron chi connectivity index (χ2n) is 5.68. The zero-order valence-electron chi connectivity index (χ0n) is 15.2. The van der Waals surface area contributed by atoms with Crippen LogP contribution in [0.2, 0.25) is 5.02 Å². The van der Waals surface area contributed by atoms with Gasteiger partial charge in [0.05, 0.1) is 17.1 Å². The molecule has 0 bridgehead atoms. The Labute approximate surface area is 176 Å². The Bertz CT molecular complexity index is 747. The molecule has 0 atom stereocenters. The first-order valence-electron chi connectivity index (χ1n) is 8.07. The molecule has 0 aliphatic carbocycles. The van der Waals surface area contributed by atoms with Gasteiger partial charge in [0.1, 0.15) is 0 Å². The first kappa shape index (κ1) is 22.3. The van der Waals surface area contributed by atoms with Gasteiger partial charge in [0.15, 0.2) is 5.96 Å². The lowest BCUT2D eigenvalue weighted by molar-refractivity contribution is 0.0954. The molecule has 1 aromatic carbocycles. The first-order chi connectivity index (χ1) is 12.0. The van der Waals surface area contributed by atoms with Crippen molar-refractivity contribution >= 4 is 47.4 Å². The smallest absolute Gasteiger partial charge is 0.252 e. The fourth-order valence-corrected chi connectivity index (χ4v) is 2.68. The van der Waals surface area contributed by atoms with Gasteiger partial charge in [-0.15, -0.1) is 24.0 Å². The summed E-state index contributed by atoms with van der Waals surface area (Å²) in [5.41, 5.74) is 1.67. The van der Waals surface area contributed by atoms with E-state index in [2.05, 4.69) is 26.3 Å². The van der Waals surface area contributed by atoms with E-state index in [4.69, 9.17) is 11.6 Å². The zero-order chi connectivity index (χ0) is 18.2. The third-order valence-electron chi connectivity index (χ3n) is 3.84. The number of hydrogen-bond acceptors (Lipinski definition) is 2. The molecule has 142 valence electrons. The average molecular weight is 490 g/mol. The molecular weight excluding hydrogens is 465 g/mol. The number of rotatable bonds is 6. The van der Waals surface area contributed by atoms with Crippen LogP contribution in [-0.2, 0) is 13.6 Å². The Hall–Kier alpha value is -1.74. The number of carbonyl (C=O) groups excluding carboxylic acids is 1. The van der Waals surface area contributed by atoms with Gasteiger partial charge in [-0.2, -0.15) is 0 Å². The molecule has 8 heteroatoms. The van der Waals surface area contributed by atoms with Crippen molar-refractivity contribution in [3.05, 3.63) is 58.9 Å². The van der Waals surface area contributed by atoms with Crippen molar-refractivity contribution in [1.29, 1.82) is 0 Å². The Morgan fingerprint density at radius 2 is 1.88 bits per heavy atom. The Kier molecular flexibility index (Phi) is 9.50. The normalized spacial score (nSPS) is 10.8. The van der Waals surface area contributed by atoms with E-state index in [1.165, 1.54) is 5.69 Å². The van der Waals surface area contributed by atoms with Crippen molar-refractivity contribution in [3.63, 3.8) is 0 Å². The van der Waals surface area contributed by atoms with Crippen LogP contribution in [0.25, 0.3) is 0 Å². The molecule has 0 saturated carbocycles. The third-order valence-corrected chi connectivity index (χ3v) is 4.17. The summed E-state index contributed by atoms with van der Waals surface area (Å²) in [5.74, 6) is 0.591. The van der Waals surface area contributed by atoms with Crippen molar-refractivity contribution in [2.24, 2.45) is 12.0 Å². The highest BCUT2D eigenvalue weighted by molar-refractivity contribution is 14.0. The molecule has 0 aliphatic heterocycles. The minimum absolute atomic E-state index is 0. The highest BCUT2D eigenvalue weighted by Gasteiger charge is 2.10. The van der Waals surface area contributed by atoms with Crippen LogP contribution in [0.1, 0.15) is 16.1 Å². The number of nitrogens with zero attached hydrogens (tertiary/aromatic N) is 3. The maximum Gasteiger partial charge on any atom is 0.252 e. The van der Waals surface area contributed by atoms with Gasteiger partial charge < -0.3 is 20.1 Å². The maximum absolute atomic E-state index is 12.1. The summed E-state index contributed by atoms with van der Waals surface area (Å²) in [6.07, 6.45) is 2.02. The van der Waals surface area contributed by atoms with Crippen LogP contribution in [0.3, 0.4) is 0 Å². The lowest BCUT2D eigenvalue weighted by Crippen LogP contribution is -2.42. The Morgan fingerprint density at radius 3 is 2.50 bits per heavy atom. The molecule has 0 radical (unpaired) electrons. The van der Waals surface area contributed by atoms with Crippen LogP contribution in [0, 0.1) is 0 Å². The van der Waals surface area contributed by atoms with Gasteiger partial charge in [0.25, 0.3) is 5.91 Å². The SMILES string of the molecule is CN=C(NCCNC(=O)c1ccccc1Cl)N(C)Cc1cccn1C.I. The first-order valence-corrected chi connectivity index (χ1v) is 8.45. The molecule has 2 N–H and O–H groups in total. The molecule has 2 rings (SSSR count). The quantitative estimate of drug-likeness (QED) is 0.284. The van der Waals surface area contributed by atoms with E-state index in [9.17, 15) is 4.79 Å². The molecule has 0 spiro atoms. The number of benzene rings is 1. The predicted octanol–water partition coefficient (Wildman–Crippen LogP) is 2.73. The Morgan fingerprint density at radius 1 is 1.19 bits per heavy atom. The summed E-state index contributed by atoms with van der Waals surface area (Å²) in [5, 5.41) is 6.54. The molecule has 6 nitrogen and oxygen atoms in total. The maximum atomic E-state index is 12.1. The molecule has 0 aliphatic rings. The van der Waals surface area contributed by atoms with Gasteiger partial charge in [-0.05, 0) is 24.3 Å². The van der Waals surface area contributed by atoms with Crippen molar-refractivity contribution < 1.29 is 4.79 Å². The minimum atomic E-state index is -0.181. The van der Waals surface area contributed by atoms with Crippen molar-refractivity contribution in [1.82, 2.24) is 20.1 Å². The summed E-state index contributed by atoms with van der Waals surface area (Å²) < 4.78 is 2.08. The van der Waals surface area contributed by atoms with E-state index in [-0.39, 0.29) is 29.9 Å². The summed E-state index contributed by atoms with van der Waals surface area (Å²) in [7, 11) is 5.74. The van der Waals surface area contributed by atoms with Crippen LogP contribution in [0.15, 0.2) is 47.6 Å². The minimum Gasteiger partial charge on any atom is -0.354 e. The van der Waals surface area contributed by atoms with Crippen LogP contribution < -0.4 is 10.6 Å². The average Bonchev–Trinajstić information content (AvgIpc) is 3.00. The van der Waals surface area contributed by atoms with E-state index < -0.39 is 0 Å². The van der Waals surface area contributed by atoms with Gasteiger partial charge in [0.2, 0.25) is 0 Å². The predicted molar refractivity (Wildman–Crippen MR) is 117 cm³/mol. The number of amides is 1. The van der Waals surface area contributed by atoms with Crippen molar-refractivity contribution in [2.45, 2.75) is 6.54 Å². The van der Waals surface area contributed by atoms with Crippen LogP contribution >= 0.6 is 35.6 Å². The number of guanidine groups is 1. The number of nitrogens with one attached hydrogen (secondary N) is 2. The summed E-state index contributed by atoms with van der Waals surface area (Å²) in [6.45, 7) is 1.79. The van der Waals surface area contributed by atoms with E-state index >= 15 is 0 Å². The molecule has 1 amide bonds. The van der Waals surface area contributed by atoms with Gasteiger partial charge in [0, 0.05) is 46.1 Å². The summed E-state index contributed by atoms with van der Waals surface area (Å²) >= 11 is 6.02. The van der Waals surface area contributed by atoms with Gasteiger partial charge >= 0.3 is 0 Å².